The number of anilines is 1. The molecule has 0 aromatic heterocycles. The molecule has 2 saturated heterocycles. The maximum absolute atomic E-state index is 14.2. The SMILES string of the molecule is C=CCN1CC(=O)N2[C@@H](Cc3ccc(NC=O)cc3)C(=O)N(Cc3cccc(C(N)=O)c3)C[C@@H]2N1C(=O)CCc1ccccc1. The number of nitrogens with two attached hydrogens (primary N) is 1. The Labute approximate surface area is 261 Å². The summed E-state index contributed by atoms with van der Waals surface area (Å²) in [6.07, 6.45) is 2.40. The Kier molecular flexibility index (Phi) is 9.69. The molecule has 0 unspecified atom stereocenters. The normalized spacial score (nSPS) is 18.4. The first-order valence-electron chi connectivity index (χ1n) is 14.8. The fraction of sp³-hybridized carbons (Fsp3) is 0.265. The summed E-state index contributed by atoms with van der Waals surface area (Å²) in [5.74, 6) is -1.28. The molecule has 0 saturated carbocycles. The van der Waals surface area contributed by atoms with E-state index in [-0.39, 0.29) is 56.7 Å². The topological polar surface area (TPSA) is 136 Å². The highest BCUT2D eigenvalue weighted by molar-refractivity contribution is 5.93. The van der Waals surface area contributed by atoms with Gasteiger partial charge >= 0.3 is 0 Å². The number of primary amides is 1. The Bertz CT molecular complexity index is 1580. The third kappa shape index (κ3) is 7.10. The number of fused-ring (bicyclic) bond motifs is 1. The van der Waals surface area contributed by atoms with Gasteiger partial charge in [0.25, 0.3) is 0 Å². The molecule has 5 rings (SSSR count). The highest BCUT2D eigenvalue weighted by Gasteiger charge is 2.50. The van der Waals surface area contributed by atoms with Crippen LogP contribution in [0.2, 0.25) is 0 Å². The molecule has 2 aliphatic rings. The van der Waals surface area contributed by atoms with Crippen molar-refractivity contribution in [2.45, 2.75) is 38.0 Å². The maximum Gasteiger partial charge on any atom is 0.248 e. The van der Waals surface area contributed by atoms with Crippen LogP contribution in [0.3, 0.4) is 0 Å². The number of nitrogens with zero attached hydrogens (tertiary/aromatic N) is 4. The average molecular weight is 609 g/mol. The van der Waals surface area contributed by atoms with Crippen molar-refractivity contribution < 1.29 is 24.0 Å². The standard InChI is InChI=1S/C34H36N6O5/c1-2-17-38-22-32(43)39-29(19-25-11-14-28(15-12-25)36-23-41)34(45)37(20-26-9-6-10-27(18-26)33(35)44)21-30(39)40(38)31(42)16-13-24-7-4-3-5-8-24/h2-12,14-15,18,23,29-30H,1,13,16-17,19-22H2,(H2,35,44)(H,36,41)/t29-,30-/m0/s1. The Balaban J connectivity index is 1.50. The second kappa shape index (κ2) is 14.0. The van der Waals surface area contributed by atoms with E-state index in [4.69, 9.17) is 5.73 Å². The smallest absolute Gasteiger partial charge is 0.248 e. The summed E-state index contributed by atoms with van der Waals surface area (Å²) >= 11 is 0. The second-order valence-corrected chi connectivity index (χ2v) is 11.1. The minimum absolute atomic E-state index is 0.0772. The zero-order valence-corrected chi connectivity index (χ0v) is 24.9. The van der Waals surface area contributed by atoms with Crippen LogP contribution in [0, 0.1) is 0 Å². The van der Waals surface area contributed by atoms with Crippen molar-refractivity contribution in [1.82, 2.24) is 19.8 Å². The summed E-state index contributed by atoms with van der Waals surface area (Å²) in [6.45, 7) is 4.27. The summed E-state index contributed by atoms with van der Waals surface area (Å²) in [4.78, 5) is 67.8. The van der Waals surface area contributed by atoms with Gasteiger partial charge in [-0.05, 0) is 47.4 Å². The lowest BCUT2D eigenvalue weighted by atomic mass is 9.97. The molecule has 2 heterocycles. The largest absolute Gasteiger partial charge is 0.366 e. The molecule has 232 valence electrons. The van der Waals surface area contributed by atoms with Crippen molar-refractivity contribution in [3.05, 3.63) is 114 Å². The van der Waals surface area contributed by atoms with E-state index in [9.17, 15) is 24.0 Å². The number of rotatable bonds is 12. The van der Waals surface area contributed by atoms with Gasteiger partial charge in [-0.2, -0.15) is 0 Å². The number of nitrogens with one attached hydrogen (secondary N) is 1. The van der Waals surface area contributed by atoms with Crippen LogP contribution in [-0.2, 0) is 38.6 Å². The molecule has 2 atom stereocenters. The summed E-state index contributed by atoms with van der Waals surface area (Å²) in [7, 11) is 0. The molecule has 5 amide bonds. The van der Waals surface area contributed by atoms with Crippen molar-refractivity contribution in [1.29, 1.82) is 0 Å². The molecular weight excluding hydrogens is 572 g/mol. The number of aryl methyl sites for hydroxylation is 1. The van der Waals surface area contributed by atoms with Gasteiger partial charge in [0.2, 0.25) is 30.0 Å². The molecule has 0 bridgehead atoms. The van der Waals surface area contributed by atoms with Gasteiger partial charge in [-0.15, -0.1) is 6.58 Å². The summed E-state index contributed by atoms with van der Waals surface area (Å²) in [6, 6.07) is 22.6. The molecule has 3 aromatic carbocycles. The molecule has 3 N–H and O–H groups in total. The lowest BCUT2D eigenvalue weighted by Crippen LogP contribution is -2.75. The van der Waals surface area contributed by atoms with Gasteiger partial charge in [0.05, 0.1) is 13.1 Å². The molecule has 0 radical (unpaired) electrons. The van der Waals surface area contributed by atoms with E-state index in [1.807, 2.05) is 30.3 Å². The number of benzene rings is 3. The molecule has 11 nitrogen and oxygen atoms in total. The number of hydrazine groups is 1. The molecule has 0 aliphatic carbocycles. The Morgan fingerprint density at radius 2 is 1.69 bits per heavy atom. The number of hydrogen-bond donors (Lipinski definition) is 2. The van der Waals surface area contributed by atoms with Crippen molar-refractivity contribution >= 4 is 35.7 Å². The van der Waals surface area contributed by atoms with E-state index in [0.29, 0.717) is 29.6 Å². The third-order valence-corrected chi connectivity index (χ3v) is 8.09. The molecule has 0 spiro atoms. The Morgan fingerprint density at radius 1 is 0.956 bits per heavy atom. The van der Waals surface area contributed by atoms with Gasteiger partial charge in [0, 0.05) is 37.2 Å². The van der Waals surface area contributed by atoms with Gasteiger partial charge in [-0.1, -0.05) is 60.7 Å². The minimum Gasteiger partial charge on any atom is -0.366 e. The highest BCUT2D eigenvalue weighted by Crippen LogP contribution is 2.30. The zero-order valence-electron chi connectivity index (χ0n) is 24.9. The fourth-order valence-electron chi connectivity index (χ4n) is 5.99. The molecule has 3 aromatic rings. The summed E-state index contributed by atoms with van der Waals surface area (Å²) < 4.78 is 0. The molecule has 45 heavy (non-hydrogen) atoms. The zero-order chi connectivity index (χ0) is 31.9. The van der Waals surface area contributed by atoms with Crippen molar-refractivity contribution in [2.24, 2.45) is 5.73 Å². The molecule has 2 fully saturated rings. The van der Waals surface area contributed by atoms with Crippen molar-refractivity contribution in [3.63, 3.8) is 0 Å². The number of carbonyl (C=O) groups excluding carboxylic acids is 5. The van der Waals surface area contributed by atoms with E-state index < -0.39 is 18.1 Å². The Hall–Kier alpha value is -5.29. The van der Waals surface area contributed by atoms with Crippen LogP contribution in [0.15, 0.2) is 91.5 Å². The highest BCUT2D eigenvalue weighted by atomic mass is 16.2. The number of carbonyl (C=O) groups is 5. The quantitative estimate of drug-likeness (QED) is 0.239. The molecule has 2 aliphatic heterocycles. The van der Waals surface area contributed by atoms with E-state index in [0.717, 1.165) is 11.1 Å². The van der Waals surface area contributed by atoms with Gasteiger partial charge in [0.1, 0.15) is 12.2 Å². The van der Waals surface area contributed by atoms with Crippen LogP contribution < -0.4 is 11.1 Å². The first-order valence-corrected chi connectivity index (χ1v) is 14.8. The first-order chi connectivity index (χ1) is 21.8. The van der Waals surface area contributed by atoms with Crippen molar-refractivity contribution in [2.75, 3.05) is 25.0 Å². The molecular formula is C34H36N6O5. The second-order valence-electron chi connectivity index (χ2n) is 11.1. The maximum atomic E-state index is 14.2. The third-order valence-electron chi connectivity index (χ3n) is 8.09. The van der Waals surface area contributed by atoms with Crippen LogP contribution in [0.4, 0.5) is 5.69 Å². The van der Waals surface area contributed by atoms with Crippen LogP contribution in [0.25, 0.3) is 0 Å². The van der Waals surface area contributed by atoms with Crippen LogP contribution in [0.1, 0.15) is 33.5 Å². The summed E-state index contributed by atoms with van der Waals surface area (Å²) in [5, 5.41) is 5.91. The number of amides is 5. The number of piperazine rings is 1. The molecule has 11 heteroatoms. The lowest BCUT2D eigenvalue weighted by Gasteiger charge is -2.55. The van der Waals surface area contributed by atoms with Crippen LogP contribution in [0.5, 0.6) is 0 Å². The van der Waals surface area contributed by atoms with Gasteiger partial charge in [-0.25, -0.2) is 10.0 Å². The monoisotopic (exact) mass is 608 g/mol. The van der Waals surface area contributed by atoms with Crippen molar-refractivity contribution in [3.8, 4) is 0 Å². The predicted molar refractivity (Wildman–Crippen MR) is 168 cm³/mol. The lowest BCUT2D eigenvalue weighted by molar-refractivity contribution is -0.205. The van der Waals surface area contributed by atoms with Crippen LogP contribution >= 0.6 is 0 Å². The van der Waals surface area contributed by atoms with E-state index in [2.05, 4.69) is 11.9 Å². The van der Waals surface area contributed by atoms with Crippen LogP contribution in [-0.4, -0.2) is 81.7 Å². The van der Waals surface area contributed by atoms with Gasteiger partial charge in [-0.3, -0.25) is 24.0 Å². The van der Waals surface area contributed by atoms with Gasteiger partial charge < -0.3 is 20.9 Å². The summed E-state index contributed by atoms with van der Waals surface area (Å²) in [5.41, 5.74) is 8.92. The van der Waals surface area contributed by atoms with E-state index in [1.54, 1.807) is 74.4 Å². The predicted octanol–water partition coefficient (Wildman–Crippen LogP) is 2.34. The number of hydrogen-bond acceptors (Lipinski definition) is 6. The van der Waals surface area contributed by atoms with E-state index >= 15 is 0 Å². The first kappa shape index (κ1) is 31.1. The Morgan fingerprint density at radius 3 is 2.38 bits per heavy atom. The van der Waals surface area contributed by atoms with E-state index in [1.165, 1.54) is 0 Å². The average Bonchev–Trinajstić information content (AvgIpc) is 3.03. The minimum atomic E-state index is -0.893. The van der Waals surface area contributed by atoms with Gasteiger partial charge in [0.15, 0.2) is 0 Å². The fourth-order valence-corrected chi connectivity index (χ4v) is 5.99.